The van der Waals surface area contributed by atoms with Crippen LogP contribution in [-0.2, 0) is 24.5 Å². The Morgan fingerprint density at radius 3 is 2.57 bits per heavy atom. The van der Waals surface area contributed by atoms with Crippen molar-refractivity contribution in [3.8, 4) is 11.5 Å². The number of methoxy groups -OCH3 is 1. The molecule has 3 aromatic rings. The monoisotopic (exact) mass is 494 g/mol. The Labute approximate surface area is 197 Å². The number of rotatable bonds is 5. The maximum absolute atomic E-state index is 12.7. The number of carbonyl (C=O) groups is 2. The van der Waals surface area contributed by atoms with Gasteiger partial charge in [0.1, 0.15) is 23.8 Å². The van der Waals surface area contributed by atoms with E-state index in [4.69, 9.17) is 19.4 Å². The summed E-state index contributed by atoms with van der Waals surface area (Å²) in [4.78, 5) is 27.3. The van der Waals surface area contributed by atoms with Crippen LogP contribution >= 0.6 is 0 Å². The molecular weight excluding hydrogens is 473 g/mol. The summed E-state index contributed by atoms with van der Waals surface area (Å²) in [5.41, 5.74) is 2.26. The average Bonchev–Trinajstić information content (AvgIpc) is 3.25. The molecule has 0 saturated heterocycles. The Morgan fingerprint density at radius 2 is 1.91 bits per heavy atom. The van der Waals surface area contributed by atoms with Crippen LogP contribution in [-0.4, -0.2) is 61.8 Å². The first-order valence-electron chi connectivity index (χ1n) is 10.1. The van der Waals surface area contributed by atoms with E-state index in [1.165, 1.54) is 0 Å². The van der Waals surface area contributed by atoms with Crippen LogP contribution in [0.5, 0.6) is 11.5 Å². The molecule has 4 rings (SSSR count). The van der Waals surface area contributed by atoms with Crippen LogP contribution in [0.15, 0.2) is 48.8 Å². The molecule has 0 unspecified atom stereocenters. The lowest BCUT2D eigenvalue weighted by molar-refractivity contribution is -0.192. The first-order chi connectivity index (χ1) is 16.7. The Bertz CT molecular complexity index is 1160. The predicted octanol–water partition coefficient (Wildman–Crippen LogP) is 2.94. The first kappa shape index (κ1) is 25.3. The molecule has 0 bridgehead atoms. The van der Waals surface area contributed by atoms with Crippen molar-refractivity contribution >= 4 is 17.7 Å². The zero-order chi connectivity index (χ0) is 25.4. The highest BCUT2D eigenvalue weighted by Gasteiger charge is 2.38. The number of urea groups is 1. The Hall–Kier alpha value is -4.36. The van der Waals surface area contributed by atoms with Gasteiger partial charge in [-0.1, -0.05) is 11.3 Å². The molecule has 0 aliphatic carbocycles. The summed E-state index contributed by atoms with van der Waals surface area (Å²) in [5.74, 6) is -1.41. The maximum Gasteiger partial charge on any atom is 0.490 e. The Morgan fingerprint density at radius 1 is 1.17 bits per heavy atom. The van der Waals surface area contributed by atoms with E-state index < -0.39 is 12.1 Å². The van der Waals surface area contributed by atoms with Crippen LogP contribution in [0.4, 0.5) is 23.7 Å². The third kappa shape index (κ3) is 7.06. The number of ether oxygens (including phenoxy) is 2. The van der Waals surface area contributed by atoms with Gasteiger partial charge in [0.15, 0.2) is 0 Å². The third-order valence-corrected chi connectivity index (χ3v) is 4.70. The molecule has 0 atom stereocenters. The van der Waals surface area contributed by atoms with E-state index in [-0.39, 0.29) is 12.6 Å². The molecule has 2 N–H and O–H groups in total. The van der Waals surface area contributed by atoms with Gasteiger partial charge < -0.3 is 24.8 Å². The van der Waals surface area contributed by atoms with Gasteiger partial charge in [0, 0.05) is 24.5 Å². The molecule has 11 nitrogen and oxygen atoms in total. The number of fused-ring (bicyclic) bond motifs is 1. The number of pyridine rings is 1. The minimum Gasteiger partial charge on any atom is -0.497 e. The standard InChI is InChI=1S/C19H20N6O3.C2HF3O2/c1-27-15-5-2-4-14(10-15)21-19(26)24-8-9-25-18(12-24)17(22-23-25)13-28-16-6-3-7-20-11-16;3-2(4,5)1(6)7/h2-7,10-11H,8-9,12-13H2,1H3,(H,21,26);(H,6,7). The number of aliphatic carboxylic acids is 1. The highest BCUT2D eigenvalue weighted by molar-refractivity contribution is 5.89. The van der Waals surface area contributed by atoms with Gasteiger partial charge in [-0.05, 0) is 24.3 Å². The second kappa shape index (κ2) is 11.2. The van der Waals surface area contributed by atoms with E-state index in [9.17, 15) is 18.0 Å². The number of halogens is 3. The molecule has 35 heavy (non-hydrogen) atoms. The molecule has 186 valence electrons. The summed E-state index contributed by atoms with van der Waals surface area (Å²) in [5, 5.41) is 18.4. The summed E-state index contributed by atoms with van der Waals surface area (Å²) < 4.78 is 44.5. The van der Waals surface area contributed by atoms with Gasteiger partial charge in [0.25, 0.3) is 0 Å². The van der Waals surface area contributed by atoms with Crippen molar-refractivity contribution in [3.63, 3.8) is 0 Å². The lowest BCUT2D eigenvalue weighted by Crippen LogP contribution is -2.41. The molecule has 1 aliphatic heterocycles. The molecule has 0 radical (unpaired) electrons. The predicted molar refractivity (Wildman–Crippen MR) is 115 cm³/mol. The SMILES string of the molecule is COc1cccc(NC(=O)N2CCn3nnc(COc4cccnc4)c3C2)c1.O=C(O)C(F)(F)F. The van der Waals surface area contributed by atoms with E-state index in [2.05, 4.69) is 20.6 Å². The minimum atomic E-state index is -5.08. The highest BCUT2D eigenvalue weighted by atomic mass is 19.4. The minimum absolute atomic E-state index is 0.181. The number of nitrogens with zero attached hydrogens (tertiary/aromatic N) is 5. The molecule has 0 fully saturated rings. The number of carboxylic acid groups (broad SMARTS) is 1. The van der Waals surface area contributed by atoms with Crippen molar-refractivity contribution in [1.29, 1.82) is 0 Å². The number of nitrogens with one attached hydrogen (secondary N) is 1. The number of carboxylic acids is 1. The van der Waals surface area contributed by atoms with Crippen molar-refractivity contribution in [1.82, 2.24) is 24.9 Å². The molecule has 2 aromatic heterocycles. The number of anilines is 1. The van der Waals surface area contributed by atoms with E-state index in [0.29, 0.717) is 42.5 Å². The molecule has 3 heterocycles. The lowest BCUT2D eigenvalue weighted by atomic mass is 10.2. The first-order valence-corrected chi connectivity index (χ1v) is 10.1. The average molecular weight is 494 g/mol. The summed E-state index contributed by atoms with van der Waals surface area (Å²) in [6.07, 6.45) is -1.75. The van der Waals surface area contributed by atoms with Crippen LogP contribution in [0.1, 0.15) is 11.4 Å². The van der Waals surface area contributed by atoms with Gasteiger partial charge in [0.05, 0.1) is 32.1 Å². The number of hydrogen-bond acceptors (Lipinski definition) is 7. The molecule has 0 spiro atoms. The molecule has 0 saturated carbocycles. The second-order valence-electron chi connectivity index (χ2n) is 7.07. The number of carbonyl (C=O) groups excluding carboxylic acids is 1. The van der Waals surface area contributed by atoms with Crippen molar-refractivity contribution in [2.45, 2.75) is 25.9 Å². The zero-order valence-corrected chi connectivity index (χ0v) is 18.4. The highest BCUT2D eigenvalue weighted by Crippen LogP contribution is 2.20. The summed E-state index contributed by atoms with van der Waals surface area (Å²) >= 11 is 0. The largest absolute Gasteiger partial charge is 0.497 e. The Balaban J connectivity index is 0.000000429. The van der Waals surface area contributed by atoms with Crippen molar-refractivity contribution in [2.24, 2.45) is 0 Å². The maximum atomic E-state index is 12.7. The van der Waals surface area contributed by atoms with Crippen LogP contribution < -0.4 is 14.8 Å². The normalized spacial score (nSPS) is 12.6. The Kier molecular flexibility index (Phi) is 8.07. The molecule has 2 amide bonds. The fourth-order valence-electron chi connectivity index (χ4n) is 2.97. The van der Waals surface area contributed by atoms with Gasteiger partial charge >= 0.3 is 18.2 Å². The van der Waals surface area contributed by atoms with Crippen molar-refractivity contribution < 1.29 is 37.3 Å². The van der Waals surface area contributed by atoms with E-state index in [1.807, 2.05) is 28.9 Å². The van der Waals surface area contributed by atoms with Crippen molar-refractivity contribution in [3.05, 3.63) is 60.2 Å². The van der Waals surface area contributed by atoms with Gasteiger partial charge in [-0.25, -0.2) is 14.3 Å². The van der Waals surface area contributed by atoms with E-state index >= 15 is 0 Å². The van der Waals surface area contributed by atoms with Crippen LogP contribution in [0, 0.1) is 0 Å². The second-order valence-corrected chi connectivity index (χ2v) is 7.07. The lowest BCUT2D eigenvalue weighted by Gasteiger charge is -2.28. The van der Waals surface area contributed by atoms with Crippen molar-refractivity contribution in [2.75, 3.05) is 19.0 Å². The molecule has 1 aromatic carbocycles. The topological polar surface area (TPSA) is 132 Å². The summed E-state index contributed by atoms with van der Waals surface area (Å²) in [6, 6.07) is 10.7. The van der Waals surface area contributed by atoms with Crippen LogP contribution in [0.3, 0.4) is 0 Å². The van der Waals surface area contributed by atoms with Crippen LogP contribution in [0.2, 0.25) is 0 Å². The molecule has 14 heteroatoms. The number of hydrogen-bond donors (Lipinski definition) is 2. The summed E-state index contributed by atoms with van der Waals surface area (Å²) in [6.45, 7) is 1.82. The van der Waals surface area contributed by atoms with Gasteiger partial charge in [-0.2, -0.15) is 13.2 Å². The summed E-state index contributed by atoms with van der Waals surface area (Å²) in [7, 11) is 1.59. The van der Waals surface area contributed by atoms with Gasteiger partial charge in [-0.3, -0.25) is 4.98 Å². The molecule has 1 aliphatic rings. The van der Waals surface area contributed by atoms with Crippen LogP contribution in [0.25, 0.3) is 0 Å². The number of amides is 2. The zero-order valence-electron chi connectivity index (χ0n) is 18.4. The number of alkyl halides is 3. The number of benzene rings is 1. The van der Waals surface area contributed by atoms with Gasteiger partial charge in [0.2, 0.25) is 0 Å². The fourth-order valence-corrected chi connectivity index (χ4v) is 2.97. The van der Waals surface area contributed by atoms with Gasteiger partial charge in [-0.15, -0.1) is 5.10 Å². The number of aromatic nitrogens is 4. The quantitative estimate of drug-likeness (QED) is 0.554. The third-order valence-electron chi connectivity index (χ3n) is 4.70. The smallest absolute Gasteiger partial charge is 0.490 e. The van der Waals surface area contributed by atoms with E-state index in [1.54, 1.807) is 36.5 Å². The van der Waals surface area contributed by atoms with E-state index in [0.717, 1.165) is 5.69 Å². The fraction of sp³-hybridized carbons (Fsp3) is 0.286. The molecular formula is C21H21F3N6O5.